The largest absolute Gasteiger partial charge is 0.389 e. The van der Waals surface area contributed by atoms with Gasteiger partial charge in [0.1, 0.15) is 0 Å². The third-order valence-corrected chi connectivity index (χ3v) is 4.18. The fraction of sp³-hybridized carbons (Fsp3) is 0.615. The van der Waals surface area contributed by atoms with Crippen LogP contribution in [-0.2, 0) is 6.42 Å². The molecule has 2 nitrogen and oxygen atoms in total. The van der Waals surface area contributed by atoms with Crippen LogP contribution in [0.15, 0.2) is 24.5 Å². The minimum absolute atomic E-state index is 0.377. The average molecular weight is 203 g/mol. The number of hydrogen-bond acceptors (Lipinski definition) is 2. The zero-order chi connectivity index (χ0) is 10.3. The van der Waals surface area contributed by atoms with Crippen LogP contribution in [0.4, 0.5) is 0 Å². The molecule has 0 amide bonds. The van der Waals surface area contributed by atoms with Gasteiger partial charge in [-0.15, -0.1) is 0 Å². The molecule has 2 heteroatoms. The molecule has 1 aromatic heterocycles. The summed E-state index contributed by atoms with van der Waals surface area (Å²) in [4.78, 5) is 4.00. The molecule has 0 saturated heterocycles. The smallest absolute Gasteiger partial charge is 0.0751 e. The van der Waals surface area contributed by atoms with Crippen molar-refractivity contribution >= 4 is 0 Å². The lowest BCUT2D eigenvalue weighted by atomic mass is 10.0. The van der Waals surface area contributed by atoms with Crippen LogP contribution < -0.4 is 0 Å². The summed E-state index contributed by atoms with van der Waals surface area (Å²) in [5.41, 5.74) is 0.847. The van der Waals surface area contributed by atoms with E-state index in [0.29, 0.717) is 11.8 Å². The van der Waals surface area contributed by atoms with Crippen molar-refractivity contribution in [3.8, 4) is 0 Å². The third-order valence-electron chi connectivity index (χ3n) is 4.18. The number of fused-ring (bicyclic) bond motifs is 1. The Morgan fingerprint density at radius 3 is 2.40 bits per heavy atom. The topological polar surface area (TPSA) is 33.1 Å². The summed E-state index contributed by atoms with van der Waals surface area (Å²) >= 11 is 0. The Balaban J connectivity index is 1.74. The van der Waals surface area contributed by atoms with E-state index in [1.165, 1.54) is 31.2 Å². The monoisotopic (exact) mass is 203 g/mol. The van der Waals surface area contributed by atoms with E-state index >= 15 is 0 Å². The molecule has 0 radical (unpaired) electrons. The molecule has 80 valence electrons. The molecule has 2 aliphatic rings. The summed E-state index contributed by atoms with van der Waals surface area (Å²) in [6, 6.07) is 4.03. The fourth-order valence-corrected chi connectivity index (χ4v) is 3.31. The van der Waals surface area contributed by atoms with Crippen LogP contribution in [0.1, 0.15) is 31.2 Å². The highest BCUT2D eigenvalue weighted by atomic mass is 16.3. The molecule has 2 atom stereocenters. The van der Waals surface area contributed by atoms with E-state index < -0.39 is 0 Å². The van der Waals surface area contributed by atoms with Crippen molar-refractivity contribution in [3.05, 3.63) is 30.1 Å². The molecule has 2 unspecified atom stereocenters. The van der Waals surface area contributed by atoms with Crippen LogP contribution in [0.25, 0.3) is 0 Å². The molecule has 15 heavy (non-hydrogen) atoms. The molecule has 1 aromatic rings. The molecular formula is C13H17NO. The summed E-state index contributed by atoms with van der Waals surface area (Å²) in [5.74, 6) is 1.17. The minimum Gasteiger partial charge on any atom is -0.389 e. The van der Waals surface area contributed by atoms with Gasteiger partial charge in [0.15, 0.2) is 0 Å². The molecule has 1 heterocycles. The maximum absolute atomic E-state index is 10.5. The maximum atomic E-state index is 10.5. The second-order valence-corrected chi connectivity index (χ2v) is 5.02. The highest BCUT2D eigenvalue weighted by Crippen LogP contribution is 2.59. The van der Waals surface area contributed by atoms with Crippen LogP contribution in [-0.4, -0.2) is 15.7 Å². The van der Waals surface area contributed by atoms with Crippen molar-refractivity contribution in [1.82, 2.24) is 4.98 Å². The lowest BCUT2D eigenvalue weighted by Gasteiger charge is -2.09. The van der Waals surface area contributed by atoms with Gasteiger partial charge in [0.05, 0.1) is 5.60 Å². The Kier molecular flexibility index (Phi) is 2.06. The minimum atomic E-state index is -0.377. The highest BCUT2D eigenvalue weighted by Gasteiger charge is 2.63. The predicted octanol–water partition coefficient (Wildman–Crippen LogP) is 2.18. The predicted molar refractivity (Wildman–Crippen MR) is 58.3 cm³/mol. The summed E-state index contributed by atoms with van der Waals surface area (Å²) in [6.45, 7) is 0. The zero-order valence-corrected chi connectivity index (χ0v) is 8.89. The van der Waals surface area contributed by atoms with Crippen LogP contribution in [0.2, 0.25) is 0 Å². The van der Waals surface area contributed by atoms with Gasteiger partial charge in [-0.1, -0.05) is 12.8 Å². The second kappa shape index (κ2) is 3.31. The molecule has 2 fully saturated rings. The second-order valence-electron chi connectivity index (χ2n) is 5.02. The first-order valence-electron chi connectivity index (χ1n) is 5.92. The van der Waals surface area contributed by atoms with Crippen molar-refractivity contribution in [2.45, 2.75) is 37.7 Å². The Morgan fingerprint density at radius 1 is 1.20 bits per heavy atom. The number of pyridine rings is 1. The van der Waals surface area contributed by atoms with Crippen molar-refractivity contribution in [1.29, 1.82) is 0 Å². The highest BCUT2D eigenvalue weighted by molar-refractivity contribution is 5.22. The zero-order valence-electron chi connectivity index (χ0n) is 8.89. The molecule has 0 spiro atoms. The summed E-state index contributed by atoms with van der Waals surface area (Å²) in [7, 11) is 0. The van der Waals surface area contributed by atoms with E-state index in [-0.39, 0.29) is 5.60 Å². The number of aliphatic hydroxyl groups is 1. The molecule has 3 rings (SSSR count). The molecule has 0 aliphatic heterocycles. The average Bonchev–Trinajstić information content (AvgIpc) is 2.87. The molecule has 0 bridgehead atoms. The van der Waals surface area contributed by atoms with Crippen molar-refractivity contribution < 1.29 is 5.11 Å². The van der Waals surface area contributed by atoms with E-state index in [4.69, 9.17) is 0 Å². The number of hydrogen-bond donors (Lipinski definition) is 1. The number of nitrogens with zero attached hydrogens (tertiary/aromatic N) is 1. The lowest BCUT2D eigenvalue weighted by molar-refractivity contribution is 0.119. The van der Waals surface area contributed by atoms with E-state index in [1.54, 1.807) is 0 Å². The van der Waals surface area contributed by atoms with Crippen LogP contribution >= 0.6 is 0 Å². The SMILES string of the molecule is OC1(Cc2ccncc2)C2CCCCC21. The van der Waals surface area contributed by atoms with Gasteiger partial charge in [0, 0.05) is 18.8 Å². The molecule has 2 aliphatic carbocycles. The normalized spacial score (nSPS) is 38.5. The van der Waals surface area contributed by atoms with Crippen LogP contribution in [0, 0.1) is 11.8 Å². The first-order chi connectivity index (χ1) is 7.31. The van der Waals surface area contributed by atoms with Gasteiger partial charge < -0.3 is 5.11 Å². The van der Waals surface area contributed by atoms with Crippen molar-refractivity contribution in [2.24, 2.45) is 11.8 Å². The number of aromatic nitrogens is 1. The molecule has 0 aromatic carbocycles. The Bertz CT molecular complexity index is 337. The van der Waals surface area contributed by atoms with Crippen LogP contribution in [0.5, 0.6) is 0 Å². The Labute approximate surface area is 90.4 Å². The van der Waals surface area contributed by atoms with Gasteiger partial charge in [0.2, 0.25) is 0 Å². The van der Waals surface area contributed by atoms with Crippen molar-refractivity contribution in [3.63, 3.8) is 0 Å². The first-order valence-corrected chi connectivity index (χ1v) is 5.92. The van der Waals surface area contributed by atoms with E-state index in [2.05, 4.69) is 4.98 Å². The van der Waals surface area contributed by atoms with Crippen LogP contribution in [0.3, 0.4) is 0 Å². The van der Waals surface area contributed by atoms with E-state index in [0.717, 1.165) is 6.42 Å². The van der Waals surface area contributed by atoms with Gasteiger partial charge in [-0.05, 0) is 42.4 Å². The van der Waals surface area contributed by atoms with Gasteiger partial charge in [-0.3, -0.25) is 4.98 Å². The standard InChI is InChI=1S/C13H17NO/c15-13(9-10-5-7-14-8-6-10)11-3-1-2-4-12(11)13/h5-8,11-12,15H,1-4,9H2. The van der Waals surface area contributed by atoms with Gasteiger partial charge in [0.25, 0.3) is 0 Å². The van der Waals surface area contributed by atoms with E-state index in [1.807, 2.05) is 24.5 Å². The quantitative estimate of drug-likeness (QED) is 0.799. The van der Waals surface area contributed by atoms with Gasteiger partial charge in [-0.25, -0.2) is 0 Å². The van der Waals surface area contributed by atoms with Crippen molar-refractivity contribution in [2.75, 3.05) is 0 Å². The van der Waals surface area contributed by atoms with Gasteiger partial charge >= 0.3 is 0 Å². The summed E-state index contributed by atoms with van der Waals surface area (Å²) in [5, 5.41) is 10.5. The molecule has 2 saturated carbocycles. The fourth-order valence-electron chi connectivity index (χ4n) is 3.31. The first kappa shape index (κ1) is 9.34. The Morgan fingerprint density at radius 2 is 1.80 bits per heavy atom. The molecule has 1 N–H and O–H groups in total. The molecular weight excluding hydrogens is 186 g/mol. The van der Waals surface area contributed by atoms with Gasteiger partial charge in [-0.2, -0.15) is 0 Å². The van der Waals surface area contributed by atoms with E-state index in [9.17, 15) is 5.11 Å². The maximum Gasteiger partial charge on any atom is 0.0751 e. The lowest BCUT2D eigenvalue weighted by Crippen LogP contribution is -2.16. The Hall–Kier alpha value is -0.890. The number of rotatable bonds is 2. The summed E-state index contributed by atoms with van der Waals surface area (Å²) < 4.78 is 0. The summed E-state index contributed by atoms with van der Waals surface area (Å²) in [6.07, 6.45) is 9.51. The third kappa shape index (κ3) is 1.48.